The molecule has 15 heavy (non-hydrogen) atoms. The molecule has 0 atom stereocenters. The Labute approximate surface area is 93.5 Å². The molecule has 0 fully saturated rings. The van der Waals surface area contributed by atoms with Crippen molar-refractivity contribution in [2.75, 3.05) is 27.2 Å². The van der Waals surface area contributed by atoms with Gasteiger partial charge in [0.15, 0.2) is 0 Å². The highest BCUT2D eigenvalue weighted by Gasteiger charge is 2.18. The lowest BCUT2D eigenvalue weighted by Crippen LogP contribution is -2.33. The van der Waals surface area contributed by atoms with Crippen molar-refractivity contribution in [2.45, 2.75) is 27.2 Å². The zero-order chi connectivity index (χ0) is 12.1. The fourth-order valence-corrected chi connectivity index (χ4v) is 1.60. The van der Waals surface area contributed by atoms with E-state index in [2.05, 4.69) is 44.7 Å². The molecule has 0 heterocycles. The molecule has 0 saturated carbocycles. The summed E-state index contributed by atoms with van der Waals surface area (Å²) in [4.78, 5) is 13.4. The summed E-state index contributed by atoms with van der Waals surface area (Å²) in [5.41, 5.74) is 0.798. The van der Waals surface area contributed by atoms with Gasteiger partial charge in [-0.05, 0) is 32.9 Å². The summed E-state index contributed by atoms with van der Waals surface area (Å²) in [5, 5.41) is 2.85. The predicted octanol–water partition coefficient (Wildman–Crippen LogP) is 1.66. The molecule has 0 spiro atoms. The normalized spacial score (nSPS) is 11.6. The van der Waals surface area contributed by atoms with Gasteiger partial charge in [-0.2, -0.15) is 0 Å². The fraction of sp³-hybridized carbons (Fsp3) is 0.750. The summed E-state index contributed by atoms with van der Waals surface area (Å²) in [7, 11) is 4.13. The van der Waals surface area contributed by atoms with Crippen LogP contribution in [0, 0.1) is 5.41 Å². The third-order valence-corrected chi connectivity index (χ3v) is 2.22. The molecule has 0 rings (SSSR count). The van der Waals surface area contributed by atoms with E-state index >= 15 is 0 Å². The molecule has 0 aromatic rings. The van der Waals surface area contributed by atoms with Crippen LogP contribution in [-0.2, 0) is 4.79 Å². The Balaban J connectivity index is 3.84. The van der Waals surface area contributed by atoms with Gasteiger partial charge in [-0.1, -0.05) is 20.4 Å². The average molecular weight is 212 g/mol. The minimum atomic E-state index is -0.0457. The van der Waals surface area contributed by atoms with Crippen molar-refractivity contribution in [3.8, 4) is 0 Å². The van der Waals surface area contributed by atoms with E-state index in [9.17, 15) is 4.79 Å². The minimum absolute atomic E-state index is 0.0457. The second-order valence-electron chi connectivity index (χ2n) is 5.19. The second-order valence-corrected chi connectivity index (χ2v) is 5.19. The lowest BCUT2D eigenvalue weighted by Gasteiger charge is -2.28. The number of nitrogens with zero attached hydrogens (tertiary/aromatic N) is 1. The maximum atomic E-state index is 11.2. The number of hydrogen-bond acceptors (Lipinski definition) is 2. The van der Waals surface area contributed by atoms with Gasteiger partial charge in [0.2, 0.25) is 5.91 Å². The summed E-state index contributed by atoms with van der Waals surface area (Å²) in [6.45, 7) is 11.5. The van der Waals surface area contributed by atoms with Crippen LogP contribution in [0.5, 0.6) is 0 Å². The Bertz CT molecular complexity index is 232. The van der Waals surface area contributed by atoms with E-state index in [0.717, 1.165) is 13.0 Å². The van der Waals surface area contributed by atoms with Gasteiger partial charge < -0.3 is 10.2 Å². The first-order valence-electron chi connectivity index (χ1n) is 5.33. The zero-order valence-corrected chi connectivity index (χ0v) is 10.7. The van der Waals surface area contributed by atoms with Crippen molar-refractivity contribution < 1.29 is 4.79 Å². The molecule has 0 aliphatic rings. The highest BCUT2D eigenvalue weighted by Crippen LogP contribution is 2.19. The molecule has 0 unspecified atom stereocenters. The van der Waals surface area contributed by atoms with Gasteiger partial charge in [0.05, 0.1) is 0 Å². The van der Waals surface area contributed by atoms with Gasteiger partial charge in [0.25, 0.3) is 0 Å². The molecule has 0 saturated heterocycles. The van der Waals surface area contributed by atoms with Crippen molar-refractivity contribution in [3.63, 3.8) is 0 Å². The Hall–Kier alpha value is -0.830. The Morgan fingerprint density at radius 2 is 1.93 bits per heavy atom. The average Bonchev–Trinajstić information content (AvgIpc) is 2.00. The van der Waals surface area contributed by atoms with Gasteiger partial charge in [-0.25, -0.2) is 0 Å². The van der Waals surface area contributed by atoms with Crippen LogP contribution >= 0.6 is 0 Å². The summed E-state index contributed by atoms with van der Waals surface area (Å²) in [5.74, 6) is -0.0457. The molecule has 88 valence electrons. The first kappa shape index (κ1) is 14.2. The van der Waals surface area contributed by atoms with E-state index in [-0.39, 0.29) is 11.3 Å². The standard InChI is InChI=1S/C12H24N2O/c1-10(2)11(15)13-8-7-12(3,4)9-14(5)6/h1,7-9H2,2-6H3,(H,13,15). The van der Waals surface area contributed by atoms with E-state index in [0.29, 0.717) is 12.1 Å². The molecule has 0 aliphatic heterocycles. The van der Waals surface area contributed by atoms with Crippen LogP contribution in [0.3, 0.4) is 0 Å². The van der Waals surface area contributed by atoms with Crippen molar-refractivity contribution in [3.05, 3.63) is 12.2 Å². The summed E-state index contributed by atoms with van der Waals surface area (Å²) >= 11 is 0. The van der Waals surface area contributed by atoms with Crippen LogP contribution in [0.25, 0.3) is 0 Å². The smallest absolute Gasteiger partial charge is 0.246 e. The van der Waals surface area contributed by atoms with Crippen molar-refractivity contribution >= 4 is 5.91 Å². The van der Waals surface area contributed by atoms with E-state index in [1.54, 1.807) is 6.92 Å². The quantitative estimate of drug-likeness (QED) is 0.679. The molecule has 1 N–H and O–H groups in total. The fourth-order valence-electron chi connectivity index (χ4n) is 1.60. The first-order chi connectivity index (χ1) is 6.74. The van der Waals surface area contributed by atoms with Crippen LogP contribution < -0.4 is 5.32 Å². The molecule has 3 heteroatoms. The molecular weight excluding hydrogens is 188 g/mol. The number of carbonyl (C=O) groups excluding carboxylic acids is 1. The molecule has 0 aromatic heterocycles. The number of carbonyl (C=O) groups is 1. The van der Waals surface area contributed by atoms with E-state index in [1.165, 1.54) is 0 Å². The third-order valence-electron chi connectivity index (χ3n) is 2.22. The van der Waals surface area contributed by atoms with Crippen LogP contribution in [0.2, 0.25) is 0 Å². The molecule has 0 radical (unpaired) electrons. The Morgan fingerprint density at radius 3 is 2.33 bits per heavy atom. The summed E-state index contributed by atoms with van der Waals surface area (Å²) in [6, 6.07) is 0. The molecule has 0 aliphatic carbocycles. The lowest BCUT2D eigenvalue weighted by atomic mass is 9.89. The van der Waals surface area contributed by atoms with Crippen molar-refractivity contribution in [2.24, 2.45) is 5.41 Å². The Morgan fingerprint density at radius 1 is 1.40 bits per heavy atom. The summed E-state index contributed by atoms with van der Waals surface area (Å²) < 4.78 is 0. The van der Waals surface area contributed by atoms with Crippen molar-refractivity contribution in [1.29, 1.82) is 0 Å². The number of hydrogen-bond donors (Lipinski definition) is 1. The first-order valence-corrected chi connectivity index (χ1v) is 5.33. The SMILES string of the molecule is C=C(C)C(=O)NCCC(C)(C)CN(C)C. The van der Waals surface area contributed by atoms with Gasteiger partial charge in [-0.3, -0.25) is 4.79 Å². The molecule has 3 nitrogen and oxygen atoms in total. The van der Waals surface area contributed by atoms with Crippen LogP contribution in [0.15, 0.2) is 12.2 Å². The maximum absolute atomic E-state index is 11.2. The predicted molar refractivity (Wildman–Crippen MR) is 64.8 cm³/mol. The Kier molecular flexibility index (Phi) is 5.58. The lowest BCUT2D eigenvalue weighted by molar-refractivity contribution is -0.117. The van der Waals surface area contributed by atoms with Gasteiger partial charge in [-0.15, -0.1) is 0 Å². The largest absolute Gasteiger partial charge is 0.352 e. The molecule has 0 aromatic carbocycles. The van der Waals surface area contributed by atoms with Gasteiger partial charge >= 0.3 is 0 Å². The van der Waals surface area contributed by atoms with E-state index in [4.69, 9.17) is 0 Å². The highest BCUT2D eigenvalue weighted by atomic mass is 16.1. The second kappa shape index (κ2) is 5.91. The van der Waals surface area contributed by atoms with Crippen LogP contribution in [0.1, 0.15) is 27.2 Å². The van der Waals surface area contributed by atoms with Gasteiger partial charge in [0, 0.05) is 18.7 Å². The molecule has 1 amide bonds. The maximum Gasteiger partial charge on any atom is 0.246 e. The van der Waals surface area contributed by atoms with E-state index < -0.39 is 0 Å². The molecular formula is C12H24N2O. The minimum Gasteiger partial charge on any atom is -0.352 e. The highest BCUT2D eigenvalue weighted by molar-refractivity contribution is 5.91. The topological polar surface area (TPSA) is 32.3 Å². The van der Waals surface area contributed by atoms with Crippen molar-refractivity contribution in [1.82, 2.24) is 10.2 Å². The third kappa shape index (κ3) is 7.14. The number of amides is 1. The molecule has 0 bridgehead atoms. The van der Waals surface area contributed by atoms with Gasteiger partial charge in [0.1, 0.15) is 0 Å². The number of rotatable bonds is 6. The zero-order valence-electron chi connectivity index (χ0n) is 10.7. The van der Waals surface area contributed by atoms with E-state index in [1.807, 2.05) is 0 Å². The summed E-state index contributed by atoms with van der Waals surface area (Å²) in [6.07, 6.45) is 0.976. The number of nitrogens with one attached hydrogen (secondary N) is 1. The van der Waals surface area contributed by atoms with Crippen LogP contribution in [0.4, 0.5) is 0 Å². The van der Waals surface area contributed by atoms with Crippen LogP contribution in [-0.4, -0.2) is 38.0 Å². The monoisotopic (exact) mass is 212 g/mol.